The van der Waals surface area contributed by atoms with Gasteiger partial charge in [-0.05, 0) is 43.3 Å². The van der Waals surface area contributed by atoms with Crippen LogP contribution in [-0.2, 0) is 9.53 Å². The molecule has 0 aromatic heterocycles. The van der Waals surface area contributed by atoms with Gasteiger partial charge in [0, 0.05) is 56.9 Å². The number of amides is 3. The number of carbonyl (C=O) groups excluding carboxylic acids is 3. The molecule has 36 heavy (non-hydrogen) atoms. The average molecular weight is 500 g/mol. The van der Waals surface area contributed by atoms with Crippen LogP contribution in [-0.4, -0.2) is 73.5 Å². The van der Waals surface area contributed by atoms with Crippen molar-refractivity contribution >= 4 is 23.4 Å². The molecule has 2 aromatic carbocycles. The predicted molar refractivity (Wildman–Crippen MR) is 135 cm³/mol. The fourth-order valence-corrected chi connectivity index (χ4v) is 4.20. The summed E-state index contributed by atoms with van der Waals surface area (Å²) in [4.78, 5) is 42.0. The lowest BCUT2D eigenvalue weighted by Gasteiger charge is -2.36. The molecule has 0 fully saturated rings. The topological polar surface area (TPSA) is 88.2 Å². The summed E-state index contributed by atoms with van der Waals surface area (Å²) in [5, 5.41) is 2.76. The van der Waals surface area contributed by atoms with E-state index in [9.17, 15) is 18.8 Å². The van der Waals surface area contributed by atoms with E-state index in [2.05, 4.69) is 5.32 Å². The van der Waals surface area contributed by atoms with Gasteiger partial charge < -0.3 is 24.6 Å². The minimum absolute atomic E-state index is 0.00820. The van der Waals surface area contributed by atoms with E-state index in [4.69, 9.17) is 9.47 Å². The second-order valence-electron chi connectivity index (χ2n) is 9.17. The second-order valence-corrected chi connectivity index (χ2v) is 9.17. The molecule has 0 unspecified atom stereocenters. The van der Waals surface area contributed by atoms with Crippen LogP contribution in [0.15, 0.2) is 42.5 Å². The maximum Gasteiger partial charge on any atom is 0.257 e. The van der Waals surface area contributed by atoms with Gasteiger partial charge >= 0.3 is 0 Å². The van der Waals surface area contributed by atoms with E-state index in [1.165, 1.54) is 24.3 Å². The number of nitrogens with zero attached hydrogens (tertiary/aromatic N) is 2. The molecule has 0 radical (unpaired) electrons. The van der Waals surface area contributed by atoms with Crippen LogP contribution in [0.5, 0.6) is 5.75 Å². The number of rotatable bonds is 4. The second kappa shape index (κ2) is 12.0. The van der Waals surface area contributed by atoms with Crippen LogP contribution in [0.4, 0.5) is 10.1 Å². The Balaban J connectivity index is 1.93. The van der Waals surface area contributed by atoms with Gasteiger partial charge in [-0.1, -0.05) is 13.8 Å². The molecule has 0 saturated heterocycles. The first-order valence-corrected chi connectivity index (χ1v) is 12.1. The highest BCUT2D eigenvalue weighted by molar-refractivity contribution is 6.05. The molecule has 0 saturated carbocycles. The minimum Gasteiger partial charge on any atom is -0.491 e. The first kappa shape index (κ1) is 27.1. The van der Waals surface area contributed by atoms with Crippen molar-refractivity contribution in [1.29, 1.82) is 0 Å². The number of halogens is 1. The molecule has 2 aromatic rings. The van der Waals surface area contributed by atoms with Crippen molar-refractivity contribution in [2.24, 2.45) is 5.92 Å². The molecule has 3 amide bonds. The molecule has 1 aliphatic rings. The fourth-order valence-electron chi connectivity index (χ4n) is 4.20. The number of hydrogen-bond donors (Lipinski definition) is 1. The van der Waals surface area contributed by atoms with Gasteiger partial charge in [0.1, 0.15) is 18.2 Å². The highest BCUT2D eigenvalue weighted by Crippen LogP contribution is 2.27. The van der Waals surface area contributed by atoms with E-state index in [1.807, 2.05) is 20.8 Å². The monoisotopic (exact) mass is 499 g/mol. The number of fused-ring (bicyclic) bond motifs is 1. The third kappa shape index (κ3) is 6.40. The molecular weight excluding hydrogens is 465 g/mol. The summed E-state index contributed by atoms with van der Waals surface area (Å²) < 4.78 is 25.0. The molecule has 3 atom stereocenters. The summed E-state index contributed by atoms with van der Waals surface area (Å²) in [5.74, 6) is -0.804. The predicted octanol–water partition coefficient (Wildman–Crippen LogP) is 3.82. The van der Waals surface area contributed by atoms with Crippen molar-refractivity contribution in [2.45, 2.75) is 39.3 Å². The normalized spacial score (nSPS) is 21.1. The van der Waals surface area contributed by atoms with Gasteiger partial charge in [-0.3, -0.25) is 14.4 Å². The van der Waals surface area contributed by atoms with Crippen molar-refractivity contribution in [1.82, 2.24) is 9.80 Å². The third-order valence-electron chi connectivity index (χ3n) is 6.43. The quantitative estimate of drug-likeness (QED) is 0.691. The first-order valence-electron chi connectivity index (χ1n) is 12.1. The summed E-state index contributed by atoms with van der Waals surface area (Å²) in [6.07, 6.45) is 0.0971. The molecule has 8 nitrogen and oxygen atoms in total. The molecule has 0 bridgehead atoms. The summed E-state index contributed by atoms with van der Waals surface area (Å²) in [6.45, 7) is 6.70. The number of ether oxygens (including phenoxy) is 2. The van der Waals surface area contributed by atoms with Gasteiger partial charge in [0.05, 0.1) is 17.7 Å². The molecule has 0 spiro atoms. The summed E-state index contributed by atoms with van der Waals surface area (Å²) >= 11 is 0. The highest BCUT2D eigenvalue weighted by atomic mass is 19.1. The Kier molecular flexibility index (Phi) is 9.03. The Morgan fingerprint density at radius 1 is 1.14 bits per heavy atom. The molecule has 194 valence electrons. The SMILES string of the molecule is CCC(=O)N1C[C@H](C)[C@H](OC)CN(C)C(=O)c2ccc(NC(=O)c3ccc(F)cc3)cc2OC[C@H]1C. The van der Waals surface area contributed by atoms with Crippen LogP contribution >= 0.6 is 0 Å². The Labute approximate surface area is 211 Å². The standard InChI is InChI=1S/C27H34FN3O5/c1-6-25(32)31-14-17(2)24(35-5)15-30(4)27(34)22-12-11-21(13-23(22)36-16-18(31)3)29-26(33)19-7-9-20(28)10-8-19/h7-13,17-18,24H,6,14-16H2,1-5H3,(H,29,33)/t17-,18+,24+/m0/s1. The zero-order valence-electron chi connectivity index (χ0n) is 21.4. The van der Waals surface area contributed by atoms with E-state index in [1.54, 1.807) is 42.2 Å². The Hall–Kier alpha value is -3.46. The fraction of sp³-hybridized carbons (Fsp3) is 0.444. The number of anilines is 1. The number of benzene rings is 2. The average Bonchev–Trinajstić information content (AvgIpc) is 2.87. The van der Waals surface area contributed by atoms with Crippen LogP contribution in [0.1, 0.15) is 47.9 Å². The molecule has 1 N–H and O–H groups in total. The van der Waals surface area contributed by atoms with Crippen LogP contribution in [0.25, 0.3) is 0 Å². The van der Waals surface area contributed by atoms with E-state index in [0.717, 1.165) is 0 Å². The summed E-state index contributed by atoms with van der Waals surface area (Å²) in [7, 11) is 3.30. The largest absolute Gasteiger partial charge is 0.491 e. The van der Waals surface area contributed by atoms with Crippen molar-refractivity contribution in [2.75, 3.05) is 39.2 Å². The van der Waals surface area contributed by atoms with Crippen molar-refractivity contribution in [3.8, 4) is 5.75 Å². The van der Waals surface area contributed by atoms with Gasteiger partial charge in [-0.15, -0.1) is 0 Å². The van der Waals surface area contributed by atoms with Crippen molar-refractivity contribution in [3.63, 3.8) is 0 Å². The molecule has 1 aliphatic heterocycles. The molecule has 0 aliphatic carbocycles. The van der Waals surface area contributed by atoms with Crippen LogP contribution < -0.4 is 10.1 Å². The van der Waals surface area contributed by atoms with E-state index in [-0.39, 0.29) is 36.5 Å². The highest BCUT2D eigenvalue weighted by Gasteiger charge is 2.30. The van der Waals surface area contributed by atoms with Gasteiger partial charge in [0.2, 0.25) is 5.91 Å². The smallest absolute Gasteiger partial charge is 0.257 e. The Morgan fingerprint density at radius 3 is 2.47 bits per heavy atom. The van der Waals surface area contributed by atoms with Gasteiger partial charge in [0.25, 0.3) is 11.8 Å². The molecule has 3 rings (SSSR count). The molecule has 9 heteroatoms. The minimum atomic E-state index is -0.433. The van der Waals surface area contributed by atoms with E-state index < -0.39 is 11.7 Å². The van der Waals surface area contributed by atoms with Gasteiger partial charge in [-0.2, -0.15) is 0 Å². The van der Waals surface area contributed by atoms with Crippen LogP contribution in [0.3, 0.4) is 0 Å². The number of likely N-dealkylation sites (N-methyl/N-ethyl adjacent to an activating group) is 1. The lowest BCUT2D eigenvalue weighted by molar-refractivity contribution is -0.135. The molecule has 1 heterocycles. The lowest BCUT2D eigenvalue weighted by Crippen LogP contribution is -2.48. The third-order valence-corrected chi connectivity index (χ3v) is 6.43. The zero-order chi connectivity index (χ0) is 26.4. The number of carbonyl (C=O) groups is 3. The Morgan fingerprint density at radius 2 is 1.83 bits per heavy atom. The van der Waals surface area contributed by atoms with Gasteiger partial charge in [0.15, 0.2) is 0 Å². The summed E-state index contributed by atoms with van der Waals surface area (Å²) in [6, 6.07) is 9.76. The Bertz CT molecular complexity index is 1090. The maximum absolute atomic E-state index is 13.3. The number of hydrogen-bond acceptors (Lipinski definition) is 5. The molecular formula is C27H34FN3O5. The van der Waals surface area contributed by atoms with Crippen LogP contribution in [0, 0.1) is 11.7 Å². The van der Waals surface area contributed by atoms with Crippen molar-refractivity contribution < 1.29 is 28.2 Å². The summed E-state index contributed by atoms with van der Waals surface area (Å²) in [5.41, 5.74) is 1.05. The first-order chi connectivity index (χ1) is 17.1. The van der Waals surface area contributed by atoms with Gasteiger partial charge in [-0.25, -0.2) is 4.39 Å². The maximum atomic E-state index is 13.3. The lowest BCUT2D eigenvalue weighted by atomic mass is 10.0. The van der Waals surface area contributed by atoms with Crippen molar-refractivity contribution in [3.05, 3.63) is 59.4 Å². The van der Waals surface area contributed by atoms with Crippen LogP contribution in [0.2, 0.25) is 0 Å². The van der Waals surface area contributed by atoms with E-state index >= 15 is 0 Å². The number of methoxy groups -OCH3 is 1. The zero-order valence-corrected chi connectivity index (χ0v) is 21.4. The van der Waals surface area contributed by atoms with E-state index in [0.29, 0.717) is 42.1 Å². The number of nitrogens with one attached hydrogen (secondary N) is 1.